The van der Waals surface area contributed by atoms with Crippen molar-refractivity contribution in [3.05, 3.63) is 34.4 Å². The average Bonchev–Trinajstić information content (AvgIpc) is 2.44. The molecule has 1 N–H and O–H groups in total. The minimum atomic E-state index is -3.93. The first-order valence-corrected chi connectivity index (χ1v) is 14.2. The predicted molar refractivity (Wildman–Crippen MR) is 95.8 cm³/mol. The molecule has 0 aliphatic rings. The van der Waals surface area contributed by atoms with E-state index < -0.39 is 39.4 Å². The molecule has 0 heterocycles. The van der Waals surface area contributed by atoms with Crippen molar-refractivity contribution < 1.29 is 22.7 Å². The number of rotatable bonds is 8. The molecular weight excluding hydrogens is 372 g/mol. The third-order valence-electron chi connectivity index (χ3n) is 3.13. The van der Waals surface area contributed by atoms with Crippen molar-refractivity contribution in [2.45, 2.75) is 30.6 Å². The van der Waals surface area contributed by atoms with Gasteiger partial charge in [-0.05, 0) is 18.2 Å². The van der Waals surface area contributed by atoms with Gasteiger partial charge in [0.15, 0.2) is 0 Å². The summed E-state index contributed by atoms with van der Waals surface area (Å²) >= 11 is 0. The Kier molecular flexibility index (Phi) is 6.67. The highest BCUT2D eigenvalue weighted by molar-refractivity contribution is 8.03. The maximum absolute atomic E-state index is 12.9. The van der Waals surface area contributed by atoms with Crippen LogP contribution in [0.4, 0.5) is 5.69 Å². The Morgan fingerprint density at radius 1 is 1.12 bits per heavy atom. The summed E-state index contributed by atoms with van der Waals surface area (Å²) in [5, 5.41) is 19.8. The van der Waals surface area contributed by atoms with E-state index in [1.54, 1.807) is 0 Å². The number of nitro benzene ring substituents is 1. The summed E-state index contributed by atoms with van der Waals surface area (Å²) in [5.41, 5.74) is -0.203. The third-order valence-corrected chi connectivity index (χ3v) is 9.58. The van der Waals surface area contributed by atoms with Crippen molar-refractivity contribution >= 4 is 33.5 Å². The summed E-state index contributed by atoms with van der Waals surface area (Å²) in [6.45, 7) is 5.54. The van der Waals surface area contributed by atoms with Gasteiger partial charge in [0.25, 0.3) is 15.7 Å². The van der Waals surface area contributed by atoms with Crippen molar-refractivity contribution in [1.82, 2.24) is 0 Å². The molecule has 0 amide bonds. The Hall–Kier alpha value is -1.30. The van der Waals surface area contributed by atoms with Gasteiger partial charge in [0.1, 0.15) is 0 Å². The first-order valence-electron chi connectivity index (χ1n) is 7.23. The minimum Gasteiger partial charge on any atom is -0.395 e. The molecule has 0 fully saturated rings. The molecule has 0 saturated heterocycles. The summed E-state index contributed by atoms with van der Waals surface area (Å²) in [4.78, 5) is 10.1. The lowest BCUT2D eigenvalue weighted by Gasteiger charge is -2.15. The van der Waals surface area contributed by atoms with Crippen LogP contribution in [0.2, 0.25) is 25.7 Å². The largest absolute Gasteiger partial charge is 0.395 e. The van der Waals surface area contributed by atoms with Crippen LogP contribution in [0.5, 0.6) is 0 Å². The number of aliphatic hydroxyl groups excluding tert-OH is 1. The molecule has 1 rings (SSSR count). The second-order valence-corrected chi connectivity index (χ2v) is 16.4. The normalized spacial score (nSPS) is 14.8. The summed E-state index contributed by atoms with van der Waals surface area (Å²) in [6, 6.07) is 5.18. The Bertz CT molecular complexity index is 806. The van der Waals surface area contributed by atoms with Gasteiger partial charge in [-0.1, -0.05) is 19.6 Å². The van der Waals surface area contributed by atoms with Gasteiger partial charge in [-0.2, -0.15) is 0 Å². The summed E-state index contributed by atoms with van der Waals surface area (Å²) in [6.07, 6.45) is 0. The van der Waals surface area contributed by atoms with E-state index >= 15 is 0 Å². The smallest absolute Gasteiger partial charge is 0.269 e. The van der Waals surface area contributed by atoms with E-state index in [9.17, 15) is 22.7 Å². The molecule has 1 aromatic carbocycles. The van der Waals surface area contributed by atoms with Crippen LogP contribution in [-0.4, -0.2) is 48.8 Å². The zero-order valence-corrected chi connectivity index (χ0v) is 16.5. The van der Waals surface area contributed by atoms with Gasteiger partial charge in [-0.3, -0.25) is 10.1 Å². The molecule has 1 aromatic rings. The number of nitro groups is 1. The van der Waals surface area contributed by atoms with E-state index in [0.717, 1.165) is 12.1 Å². The second kappa shape index (κ2) is 7.72. The Morgan fingerprint density at radius 2 is 1.67 bits per heavy atom. The number of hydrogen-bond donors (Lipinski definition) is 1. The van der Waals surface area contributed by atoms with Crippen molar-refractivity contribution in [3.63, 3.8) is 0 Å². The van der Waals surface area contributed by atoms with Crippen molar-refractivity contribution in [1.29, 1.82) is 0 Å². The highest BCUT2D eigenvalue weighted by Crippen LogP contribution is 2.21. The van der Waals surface area contributed by atoms with Crippen LogP contribution in [0.15, 0.2) is 32.9 Å². The van der Waals surface area contributed by atoms with Gasteiger partial charge in [0.05, 0.1) is 32.8 Å². The summed E-state index contributed by atoms with van der Waals surface area (Å²) in [5.74, 6) is -0.547. The van der Waals surface area contributed by atoms with Crippen molar-refractivity contribution in [2.24, 2.45) is 3.77 Å². The molecule has 0 bridgehead atoms. The Balaban J connectivity index is 3.28. The fourth-order valence-electron chi connectivity index (χ4n) is 1.76. The van der Waals surface area contributed by atoms with Crippen LogP contribution in [0.25, 0.3) is 0 Å². The minimum absolute atomic E-state index is 0.0544. The predicted octanol–water partition coefficient (Wildman–Crippen LogP) is 2.08. The first kappa shape index (κ1) is 20.7. The number of non-ortho nitro benzene ring substituents is 1. The topological polar surface area (TPSA) is 127 Å². The fraction of sp³-hybridized carbons (Fsp3) is 0.538. The SMILES string of the molecule is C[Si](C)(C)CCS(=O)(=O)N=S(=O)(CCO)c1ccc([N+](=O)[O-])cc1. The van der Waals surface area contributed by atoms with E-state index in [2.05, 4.69) is 3.77 Å². The standard InChI is InChI=1S/C13H22N2O6S2Si/c1-24(2,3)11-10-23(20,21)14-22(19,9-8-16)13-6-4-12(5-7-13)15(17)18/h4-7,16H,8-11H2,1-3H3. The van der Waals surface area contributed by atoms with Crippen LogP contribution in [0, 0.1) is 10.1 Å². The second-order valence-electron chi connectivity index (χ2n) is 6.49. The number of benzene rings is 1. The van der Waals surface area contributed by atoms with Gasteiger partial charge >= 0.3 is 0 Å². The molecule has 0 radical (unpaired) electrons. The van der Waals surface area contributed by atoms with Gasteiger partial charge in [0, 0.05) is 25.1 Å². The zero-order valence-electron chi connectivity index (χ0n) is 13.8. The maximum Gasteiger partial charge on any atom is 0.269 e. The van der Waals surface area contributed by atoms with Crippen LogP contribution < -0.4 is 0 Å². The number of hydrogen-bond acceptors (Lipinski definition) is 6. The Morgan fingerprint density at radius 3 is 2.08 bits per heavy atom. The lowest BCUT2D eigenvalue weighted by atomic mass is 10.3. The van der Waals surface area contributed by atoms with Crippen LogP contribution in [0.1, 0.15) is 0 Å². The number of sulfonamides is 1. The Labute approximate surface area is 143 Å². The highest BCUT2D eigenvalue weighted by atomic mass is 32.3. The molecule has 0 aliphatic heterocycles. The molecule has 24 heavy (non-hydrogen) atoms. The van der Waals surface area contributed by atoms with E-state index in [0.29, 0.717) is 6.04 Å². The number of nitrogens with zero attached hydrogens (tertiary/aromatic N) is 2. The molecule has 11 heteroatoms. The lowest BCUT2D eigenvalue weighted by molar-refractivity contribution is -0.384. The molecule has 0 aromatic heterocycles. The van der Waals surface area contributed by atoms with Gasteiger partial charge < -0.3 is 5.11 Å². The molecule has 0 spiro atoms. The molecule has 136 valence electrons. The van der Waals surface area contributed by atoms with Crippen molar-refractivity contribution in [2.75, 3.05) is 18.1 Å². The molecule has 1 unspecified atom stereocenters. The quantitative estimate of drug-likeness (QED) is 0.408. The van der Waals surface area contributed by atoms with E-state index in [4.69, 9.17) is 5.11 Å². The van der Waals surface area contributed by atoms with Crippen LogP contribution >= 0.6 is 0 Å². The van der Waals surface area contributed by atoms with E-state index in [1.165, 1.54) is 12.1 Å². The van der Waals surface area contributed by atoms with Gasteiger partial charge in [-0.25, -0.2) is 12.6 Å². The zero-order chi connectivity index (χ0) is 18.6. The van der Waals surface area contributed by atoms with E-state index in [1.807, 2.05) is 19.6 Å². The first-order chi connectivity index (χ1) is 10.9. The fourth-order valence-corrected chi connectivity index (χ4v) is 8.69. The third kappa shape index (κ3) is 6.30. The van der Waals surface area contributed by atoms with Crippen LogP contribution in [-0.2, 0) is 19.8 Å². The molecule has 1 atom stereocenters. The maximum atomic E-state index is 12.9. The molecule has 0 saturated carbocycles. The van der Waals surface area contributed by atoms with Crippen LogP contribution in [0.3, 0.4) is 0 Å². The van der Waals surface area contributed by atoms with Crippen molar-refractivity contribution in [3.8, 4) is 0 Å². The lowest BCUT2D eigenvalue weighted by Crippen LogP contribution is -2.24. The highest BCUT2D eigenvalue weighted by Gasteiger charge is 2.22. The monoisotopic (exact) mass is 394 g/mol. The molecule has 0 aliphatic carbocycles. The number of aliphatic hydroxyl groups is 1. The molecule has 8 nitrogen and oxygen atoms in total. The van der Waals surface area contributed by atoms with Gasteiger partial charge in [0.2, 0.25) is 0 Å². The summed E-state index contributed by atoms with van der Waals surface area (Å²) in [7, 11) is -8.95. The van der Waals surface area contributed by atoms with E-state index in [-0.39, 0.29) is 22.1 Å². The van der Waals surface area contributed by atoms with Gasteiger partial charge in [-0.15, -0.1) is 3.77 Å². The average molecular weight is 395 g/mol. The molecular formula is C13H22N2O6S2Si. The summed E-state index contributed by atoms with van der Waals surface area (Å²) < 4.78 is 40.9.